The highest BCUT2D eigenvalue weighted by Crippen LogP contribution is 2.33. The van der Waals surface area contributed by atoms with Crippen LogP contribution in [0.15, 0.2) is 34.9 Å². The SMILES string of the molecule is CC(C)c1cc([C@H]2CCCN2C(=O)c2cccc(F)c2)no1. The number of carbonyl (C=O) groups is 1. The molecule has 0 saturated carbocycles. The van der Waals surface area contributed by atoms with Crippen molar-refractivity contribution in [2.24, 2.45) is 0 Å². The van der Waals surface area contributed by atoms with Gasteiger partial charge in [-0.3, -0.25) is 4.79 Å². The third kappa shape index (κ3) is 2.75. The van der Waals surface area contributed by atoms with Crippen LogP contribution in [0.1, 0.15) is 60.5 Å². The molecule has 2 heterocycles. The van der Waals surface area contributed by atoms with Crippen LogP contribution < -0.4 is 0 Å². The lowest BCUT2D eigenvalue weighted by atomic mass is 10.1. The van der Waals surface area contributed by atoms with Crippen LogP contribution in [0.5, 0.6) is 0 Å². The van der Waals surface area contributed by atoms with E-state index < -0.39 is 5.82 Å². The summed E-state index contributed by atoms with van der Waals surface area (Å²) in [4.78, 5) is 14.4. The van der Waals surface area contributed by atoms with Gasteiger partial charge in [0.15, 0.2) is 0 Å². The first-order valence-electron chi connectivity index (χ1n) is 7.59. The van der Waals surface area contributed by atoms with E-state index in [2.05, 4.69) is 5.16 Å². The fraction of sp³-hybridized carbons (Fsp3) is 0.412. The number of amides is 1. The largest absolute Gasteiger partial charge is 0.361 e. The first-order chi connectivity index (χ1) is 10.6. The number of benzene rings is 1. The summed E-state index contributed by atoms with van der Waals surface area (Å²) >= 11 is 0. The lowest BCUT2D eigenvalue weighted by Gasteiger charge is -2.23. The molecule has 0 bridgehead atoms. The Labute approximate surface area is 128 Å². The van der Waals surface area contributed by atoms with Gasteiger partial charge in [0.05, 0.1) is 6.04 Å². The highest BCUT2D eigenvalue weighted by atomic mass is 19.1. The van der Waals surface area contributed by atoms with E-state index in [0.717, 1.165) is 24.3 Å². The average molecular weight is 302 g/mol. The normalized spacial score (nSPS) is 18.2. The Morgan fingerprint density at radius 1 is 1.41 bits per heavy atom. The summed E-state index contributed by atoms with van der Waals surface area (Å²) in [5, 5.41) is 4.12. The number of hydrogen-bond acceptors (Lipinski definition) is 3. The molecule has 22 heavy (non-hydrogen) atoms. The Morgan fingerprint density at radius 2 is 2.23 bits per heavy atom. The number of rotatable bonds is 3. The Kier molecular flexibility index (Phi) is 3.96. The molecule has 3 rings (SSSR count). The molecular formula is C17H19FN2O2. The van der Waals surface area contributed by atoms with E-state index in [0.29, 0.717) is 12.1 Å². The number of aromatic nitrogens is 1. The molecule has 1 aliphatic rings. The maximum atomic E-state index is 13.3. The lowest BCUT2D eigenvalue weighted by molar-refractivity contribution is 0.0730. The molecule has 1 fully saturated rings. The molecule has 0 unspecified atom stereocenters. The van der Waals surface area contributed by atoms with Crippen molar-refractivity contribution in [3.8, 4) is 0 Å². The Balaban J connectivity index is 1.84. The molecule has 5 heteroatoms. The predicted molar refractivity (Wildman–Crippen MR) is 80.0 cm³/mol. The van der Waals surface area contributed by atoms with E-state index in [-0.39, 0.29) is 17.9 Å². The van der Waals surface area contributed by atoms with E-state index in [4.69, 9.17) is 4.52 Å². The number of carbonyl (C=O) groups excluding carboxylic acids is 1. The van der Waals surface area contributed by atoms with Crippen LogP contribution >= 0.6 is 0 Å². The van der Waals surface area contributed by atoms with Gasteiger partial charge in [-0.2, -0.15) is 0 Å². The summed E-state index contributed by atoms with van der Waals surface area (Å²) in [7, 11) is 0. The average Bonchev–Trinajstić information content (AvgIpc) is 3.15. The number of halogens is 1. The maximum absolute atomic E-state index is 13.3. The van der Waals surface area contributed by atoms with Crippen LogP contribution in [0.4, 0.5) is 4.39 Å². The smallest absolute Gasteiger partial charge is 0.254 e. The summed E-state index contributed by atoms with van der Waals surface area (Å²) in [5.74, 6) is 0.524. The fourth-order valence-corrected chi connectivity index (χ4v) is 2.84. The summed E-state index contributed by atoms with van der Waals surface area (Å²) in [6.45, 7) is 4.73. The zero-order valence-electron chi connectivity index (χ0n) is 12.8. The van der Waals surface area contributed by atoms with Gasteiger partial charge >= 0.3 is 0 Å². The molecule has 1 aromatic carbocycles. The van der Waals surface area contributed by atoms with Crippen LogP contribution in [0.25, 0.3) is 0 Å². The van der Waals surface area contributed by atoms with Crippen LogP contribution in [0, 0.1) is 5.82 Å². The quantitative estimate of drug-likeness (QED) is 0.863. The third-order valence-corrected chi connectivity index (χ3v) is 4.04. The molecule has 1 atom stereocenters. The zero-order valence-corrected chi connectivity index (χ0v) is 12.8. The molecule has 2 aromatic rings. The minimum Gasteiger partial charge on any atom is -0.361 e. The van der Waals surface area contributed by atoms with E-state index in [1.165, 1.54) is 12.1 Å². The highest BCUT2D eigenvalue weighted by Gasteiger charge is 2.33. The number of hydrogen-bond donors (Lipinski definition) is 0. The van der Waals surface area contributed by atoms with Gasteiger partial charge in [-0.15, -0.1) is 0 Å². The van der Waals surface area contributed by atoms with Crippen molar-refractivity contribution in [1.82, 2.24) is 10.1 Å². The molecule has 4 nitrogen and oxygen atoms in total. The van der Waals surface area contributed by atoms with Gasteiger partial charge in [-0.25, -0.2) is 4.39 Å². The van der Waals surface area contributed by atoms with E-state index >= 15 is 0 Å². The van der Waals surface area contributed by atoms with Crippen molar-refractivity contribution in [2.75, 3.05) is 6.54 Å². The molecule has 1 saturated heterocycles. The predicted octanol–water partition coefficient (Wildman–Crippen LogP) is 3.91. The minimum absolute atomic E-state index is 0.0907. The monoisotopic (exact) mass is 302 g/mol. The Morgan fingerprint density at radius 3 is 2.91 bits per heavy atom. The second kappa shape index (κ2) is 5.91. The van der Waals surface area contributed by atoms with Gasteiger partial charge in [0.25, 0.3) is 5.91 Å². The molecule has 1 aromatic heterocycles. The first-order valence-corrected chi connectivity index (χ1v) is 7.59. The number of likely N-dealkylation sites (tertiary alicyclic amines) is 1. The van der Waals surface area contributed by atoms with Gasteiger partial charge < -0.3 is 9.42 Å². The molecule has 1 amide bonds. The second-order valence-corrected chi connectivity index (χ2v) is 5.98. The van der Waals surface area contributed by atoms with Crippen LogP contribution in [-0.4, -0.2) is 22.5 Å². The summed E-state index contributed by atoms with van der Waals surface area (Å²) < 4.78 is 18.7. The van der Waals surface area contributed by atoms with E-state index in [1.54, 1.807) is 17.0 Å². The number of nitrogens with zero attached hydrogens (tertiary/aromatic N) is 2. The van der Waals surface area contributed by atoms with Crippen molar-refractivity contribution in [3.63, 3.8) is 0 Å². The molecule has 0 aliphatic carbocycles. The molecule has 1 aliphatic heterocycles. The van der Waals surface area contributed by atoms with Crippen LogP contribution in [-0.2, 0) is 0 Å². The van der Waals surface area contributed by atoms with Gasteiger partial charge in [0.1, 0.15) is 17.3 Å². The summed E-state index contributed by atoms with van der Waals surface area (Å²) in [6.07, 6.45) is 1.76. The molecule has 0 spiro atoms. The van der Waals surface area contributed by atoms with Crippen molar-refractivity contribution < 1.29 is 13.7 Å². The van der Waals surface area contributed by atoms with Crippen LogP contribution in [0.3, 0.4) is 0 Å². The fourth-order valence-electron chi connectivity index (χ4n) is 2.84. The van der Waals surface area contributed by atoms with Gasteiger partial charge in [-0.1, -0.05) is 25.1 Å². The van der Waals surface area contributed by atoms with Gasteiger partial charge in [0.2, 0.25) is 0 Å². The van der Waals surface area contributed by atoms with E-state index in [9.17, 15) is 9.18 Å². The topological polar surface area (TPSA) is 46.3 Å². The standard InChI is InChI=1S/C17H19FN2O2/c1-11(2)16-10-14(19-22-16)15-7-4-8-20(15)17(21)12-5-3-6-13(18)9-12/h3,5-6,9-11,15H,4,7-8H2,1-2H3/t15-/m1/s1. The zero-order chi connectivity index (χ0) is 15.7. The highest BCUT2D eigenvalue weighted by molar-refractivity contribution is 5.94. The van der Waals surface area contributed by atoms with Crippen LogP contribution in [0.2, 0.25) is 0 Å². The minimum atomic E-state index is -0.398. The summed E-state index contributed by atoms with van der Waals surface area (Å²) in [5.41, 5.74) is 1.16. The Hall–Kier alpha value is -2.17. The Bertz CT molecular complexity index is 681. The second-order valence-electron chi connectivity index (χ2n) is 5.98. The summed E-state index contributed by atoms with van der Waals surface area (Å²) in [6, 6.07) is 7.65. The van der Waals surface area contributed by atoms with Crippen molar-refractivity contribution in [1.29, 1.82) is 0 Å². The lowest BCUT2D eigenvalue weighted by Crippen LogP contribution is -2.30. The molecule has 116 valence electrons. The van der Waals surface area contributed by atoms with Crippen molar-refractivity contribution in [3.05, 3.63) is 53.2 Å². The maximum Gasteiger partial charge on any atom is 0.254 e. The van der Waals surface area contributed by atoms with Gasteiger partial charge in [-0.05, 0) is 31.0 Å². The van der Waals surface area contributed by atoms with Crippen molar-refractivity contribution >= 4 is 5.91 Å². The first kappa shape index (κ1) is 14.8. The molecule has 0 radical (unpaired) electrons. The van der Waals surface area contributed by atoms with Crippen molar-refractivity contribution in [2.45, 2.75) is 38.6 Å². The third-order valence-electron chi connectivity index (χ3n) is 4.04. The molecular weight excluding hydrogens is 283 g/mol. The van der Waals surface area contributed by atoms with Gasteiger partial charge in [0, 0.05) is 24.1 Å². The van der Waals surface area contributed by atoms with E-state index in [1.807, 2.05) is 19.9 Å². The molecule has 0 N–H and O–H groups in total.